The molecular weight excluding hydrogens is 174 g/mol. The standard InChI is InChI=1S/C8H15NO4/c1-3-6(10)9-5-8(2,13)4-7(11)12/h13H,3-5H2,1-2H3,(H,9,10)(H,11,12). The second kappa shape index (κ2) is 4.81. The van der Waals surface area contributed by atoms with Gasteiger partial charge in [-0.3, -0.25) is 9.59 Å². The Labute approximate surface area is 76.8 Å². The maximum atomic E-state index is 10.8. The summed E-state index contributed by atoms with van der Waals surface area (Å²) in [6.45, 7) is 3.02. The summed E-state index contributed by atoms with van der Waals surface area (Å²) >= 11 is 0. The zero-order chi connectivity index (χ0) is 10.5. The lowest BCUT2D eigenvalue weighted by molar-refractivity contribution is -0.142. The van der Waals surface area contributed by atoms with E-state index in [9.17, 15) is 14.7 Å². The van der Waals surface area contributed by atoms with Crippen LogP contribution in [0.15, 0.2) is 0 Å². The first-order valence-electron chi connectivity index (χ1n) is 4.08. The maximum Gasteiger partial charge on any atom is 0.306 e. The Morgan fingerprint density at radius 2 is 2.00 bits per heavy atom. The number of hydrogen-bond donors (Lipinski definition) is 3. The molecule has 0 heterocycles. The van der Waals surface area contributed by atoms with Gasteiger partial charge in [-0.15, -0.1) is 0 Å². The average molecular weight is 189 g/mol. The number of nitrogens with one attached hydrogen (secondary N) is 1. The van der Waals surface area contributed by atoms with E-state index in [4.69, 9.17) is 5.11 Å². The molecule has 0 aliphatic heterocycles. The molecule has 3 N–H and O–H groups in total. The summed E-state index contributed by atoms with van der Waals surface area (Å²) in [6.07, 6.45) is -0.0554. The largest absolute Gasteiger partial charge is 0.481 e. The second-order valence-electron chi connectivity index (χ2n) is 3.20. The monoisotopic (exact) mass is 189 g/mol. The lowest BCUT2D eigenvalue weighted by atomic mass is 10.0. The maximum absolute atomic E-state index is 10.8. The number of carbonyl (C=O) groups excluding carboxylic acids is 1. The van der Waals surface area contributed by atoms with E-state index in [2.05, 4.69) is 5.32 Å². The Bertz CT molecular complexity index is 200. The highest BCUT2D eigenvalue weighted by molar-refractivity contribution is 5.75. The van der Waals surface area contributed by atoms with Gasteiger partial charge in [0.15, 0.2) is 0 Å². The van der Waals surface area contributed by atoms with E-state index in [-0.39, 0.29) is 18.9 Å². The van der Waals surface area contributed by atoms with Crippen LogP contribution in [0.5, 0.6) is 0 Å². The van der Waals surface area contributed by atoms with Crippen LogP contribution in [0.2, 0.25) is 0 Å². The van der Waals surface area contributed by atoms with E-state index in [1.807, 2.05) is 0 Å². The van der Waals surface area contributed by atoms with Crippen LogP contribution in [0.3, 0.4) is 0 Å². The molecule has 13 heavy (non-hydrogen) atoms. The first-order valence-corrected chi connectivity index (χ1v) is 4.08. The van der Waals surface area contributed by atoms with Gasteiger partial charge in [-0.2, -0.15) is 0 Å². The van der Waals surface area contributed by atoms with Gasteiger partial charge in [0.2, 0.25) is 5.91 Å². The Morgan fingerprint density at radius 3 is 2.38 bits per heavy atom. The molecule has 0 fully saturated rings. The van der Waals surface area contributed by atoms with E-state index < -0.39 is 11.6 Å². The quantitative estimate of drug-likeness (QED) is 0.556. The fraction of sp³-hybridized carbons (Fsp3) is 0.750. The molecule has 0 rings (SSSR count). The minimum absolute atomic E-state index is 0.0357. The van der Waals surface area contributed by atoms with Gasteiger partial charge >= 0.3 is 5.97 Å². The number of rotatable bonds is 5. The molecule has 0 spiro atoms. The predicted octanol–water partition coefficient (Wildman–Crippen LogP) is -0.262. The molecule has 0 aliphatic rings. The molecule has 5 heteroatoms. The lowest BCUT2D eigenvalue weighted by Gasteiger charge is -2.21. The van der Waals surface area contributed by atoms with E-state index in [1.54, 1.807) is 6.92 Å². The highest BCUT2D eigenvalue weighted by Crippen LogP contribution is 2.07. The van der Waals surface area contributed by atoms with Crippen molar-refractivity contribution in [2.24, 2.45) is 0 Å². The third kappa shape index (κ3) is 6.10. The van der Waals surface area contributed by atoms with Crippen LogP contribution in [0.1, 0.15) is 26.7 Å². The van der Waals surface area contributed by atoms with Crippen LogP contribution in [-0.2, 0) is 9.59 Å². The number of carboxylic acid groups (broad SMARTS) is 1. The van der Waals surface area contributed by atoms with Crippen LogP contribution >= 0.6 is 0 Å². The average Bonchev–Trinajstić information content (AvgIpc) is 1.98. The Balaban J connectivity index is 3.88. The predicted molar refractivity (Wildman–Crippen MR) is 46.2 cm³/mol. The van der Waals surface area contributed by atoms with Gasteiger partial charge in [0.25, 0.3) is 0 Å². The van der Waals surface area contributed by atoms with Gasteiger partial charge in [-0.25, -0.2) is 0 Å². The van der Waals surface area contributed by atoms with Crippen molar-refractivity contribution >= 4 is 11.9 Å². The number of aliphatic hydroxyl groups is 1. The van der Waals surface area contributed by atoms with Crippen molar-refractivity contribution < 1.29 is 19.8 Å². The molecular formula is C8H15NO4. The molecule has 0 saturated heterocycles. The number of amides is 1. The molecule has 0 aromatic rings. The zero-order valence-electron chi connectivity index (χ0n) is 7.83. The minimum atomic E-state index is -1.38. The fourth-order valence-electron chi connectivity index (χ4n) is 0.802. The molecule has 0 bridgehead atoms. The first kappa shape index (κ1) is 11.9. The summed E-state index contributed by atoms with van der Waals surface area (Å²) in [5.74, 6) is -1.29. The van der Waals surface area contributed by atoms with Crippen LogP contribution in [0.25, 0.3) is 0 Å². The van der Waals surface area contributed by atoms with Gasteiger partial charge in [0, 0.05) is 13.0 Å². The third-order valence-corrected chi connectivity index (χ3v) is 1.52. The number of aliphatic carboxylic acids is 1. The van der Waals surface area contributed by atoms with E-state index in [0.717, 1.165) is 0 Å². The summed E-state index contributed by atoms with van der Waals surface area (Å²) < 4.78 is 0. The van der Waals surface area contributed by atoms with Crippen molar-refractivity contribution in [3.63, 3.8) is 0 Å². The molecule has 1 atom stereocenters. The lowest BCUT2D eigenvalue weighted by Crippen LogP contribution is -2.41. The number of carbonyl (C=O) groups is 2. The minimum Gasteiger partial charge on any atom is -0.481 e. The molecule has 1 unspecified atom stereocenters. The summed E-state index contributed by atoms with van der Waals surface area (Å²) in [5.41, 5.74) is -1.38. The highest BCUT2D eigenvalue weighted by Gasteiger charge is 2.24. The smallest absolute Gasteiger partial charge is 0.306 e. The van der Waals surface area contributed by atoms with E-state index in [1.165, 1.54) is 6.92 Å². The molecule has 0 radical (unpaired) electrons. The third-order valence-electron chi connectivity index (χ3n) is 1.52. The van der Waals surface area contributed by atoms with Crippen LogP contribution in [0, 0.1) is 0 Å². The van der Waals surface area contributed by atoms with Crippen LogP contribution in [-0.4, -0.2) is 34.2 Å². The Morgan fingerprint density at radius 1 is 1.46 bits per heavy atom. The summed E-state index contributed by atoms with van der Waals surface area (Å²) in [6, 6.07) is 0. The van der Waals surface area contributed by atoms with Crippen molar-refractivity contribution in [1.82, 2.24) is 5.32 Å². The zero-order valence-corrected chi connectivity index (χ0v) is 7.83. The van der Waals surface area contributed by atoms with Crippen molar-refractivity contribution in [1.29, 1.82) is 0 Å². The Hall–Kier alpha value is -1.10. The van der Waals surface area contributed by atoms with Crippen molar-refractivity contribution in [2.45, 2.75) is 32.3 Å². The van der Waals surface area contributed by atoms with Crippen molar-refractivity contribution in [3.05, 3.63) is 0 Å². The van der Waals surface area contributed by atoms with Gasteiger partial charge in [0.05, 0.1) is 12.0 Å². The van der Waals surface area contributed by atoms with E-state index in [0.29, 0.717) is 6.42 Å². The van der Waals surface area contributed by atoms with Crippen LogP contribution in [0.4, 0.5) is 0 Å². The molecule has 1 amide bonds. The van der Waals surface area contributed by atoms with Gasteiger partial charge in [-0.05, 0) is 6.92 Å². The summed E-state index contributed by atoms with van der Waals surface area (Å²) in [5, 5.41) is 20.3. The normalized spacial score (nSPS) is 14.7. The molecule has 5 nitrogen and oxygen atoms in total. The molecule has 0 saturated carbocycles. The number of hydrogen-bond acceptors (Lipinski definition) is 3. The fourth-order valence-corrected chi connectivity index (χ4v) is 0.802. The Kier molecular flexibility index (Phi) is 4.40. The van der Waals surface area contributed by atoms with Crippen LogP contribution < -0.4 is 5.32 Å². The SMILES string of the molecule is CCC(=O)NCC(C)(O)CC(=O)O. The topological polar surface area (TPSA) is 86.6 Å². The van der Waals surface area contributed by atoms with Gasteiger partial charge in [0.1, 0.15) is 0 Å². The van der Waals surface area contributed by atoms with Crippen molar-refractivity contribution in [3.8, 4) is 0 Å². The van der Waals surface area contributed by atoms with E-state index >= 15 is 0 Å². The highest BCUT2D eigenvalue weighted by atomic mass is 16.4. The van der Waals surface area contributed by atoms with Crippen molar-refractivity contribution in [2.75, 3.05) is 6.54 Å². The number of carboxylic acids is 1. The molecule has 76 valence electrons. The van der Waals surface area contributed by atoms with Gasteiger partial charge in [-0.1, -0.05) is 6.92 Å². The van der Waals surface area contributed by atoms with Gasteiger partial charge < -0.3 is 15.5 Å². The molecule has 0 aliphatic carbocycles. The molecule has 0 aromatic carbocycles. The summed E-state index contributed by atoms with van der Waals surface area (Å²) in [7, 11) is 0. The molecule has 0 aromatic heterocycles. The second-order valence-corrected chi connectivity index (χ2v) is 3.20. The first-order chi connectivity index (χ1) is 5.87. The summed E-state index contributed by atoms with van der Waals surface area (Å²) in [4.78, 5) is 21.0.